The molecule has 5 nitrogen and oxygen atoms in total. The Bertz CT molecular complexity index is 1080. The molecule has 210 valence electrons. The molecule has 0 unspecified atom stereocenters. The van der Waals surface area contributed by atoms with E-state index < -0.39 is 10.1 Å². The van der Waals surface area contributed by atoms with Crippen LogP contribution in [0.4, 0.5) is 0 Å². The van der Waals surface area contributed by atoms with Gasteiger partial charge in [-0.1, -0.05) is 41.2 Å². The number of carbonyl (C=O) groups excluding carboxylic acids is 1. The number of ketones is 1. The minimum atomic E-state index is -3.53. The van der Waals surface area contributed by atoms with Gasteiger partial charge < -0.3 is 5.11 Å². The van der Waals surface area contributed by atoms with Gasteiger partial charge in [0, 0.05) is 18.4 Å². The van der Waals surface area contributed by atoms with Gasteiger partial charge in [0.15, 0.2) is 0 Å². The van der Waals surface area contributed by atoms with Crippen LogP contribution in [0.3, 0.4) is 0 Å². The first-order valence-electron chi connectivity index (χ1n) is 14.7. The van der Waals surface area contributed by atoms with Crippen LogP contribution >= 0.6 is 0 Å². The molecule has 5 aliphatic carbocycles. The van der Waals surface area contributed by atoms with Crippen LogP contribution in [-0.4, -0.2) is 38.8 Å². The summed E-state index contributed by atoms with van der Waals surface area (Å²) in [4.78, 5) is 13.0. The summed E-state index contributed by atoms with van der Waals surface area (Å²) >= 11 is 0. The van der Waals surface area contributed by atoms with Gasteiger partial charge >= 0.3 is 0 Å². The van der Waals surface area contributed by atoms with Gasteiger partial charge in [0.1, 0.15) is 5.78 Å². The zero-order chi connectivity index (χ0) is 27.2. The summed E-state index contributed by atoms with van der Waals surface area (Å²) in [6.45, 7) is 16.7. The highest BCUT2D eigenvalue weighted by Gasteiger charge is 2.70. The first-order chi connectivity index (χ1) is 17.1. The fourth-order valence-electron chi connectivity index (χ4n) is 11.6. The molecule has 0 heterocycles. The largest absolute Gasteiger partial charge is 0.396 e. The normalized spacial score (nSPS) is 48.9. The van der Waals surface area contributed by atoms with Crippen LogP contribution in [-0.2, 0) is 19.1 Å². The maximum Gasteiger partial charge on any atom is 0.264 e. The Morgan fingerprint density at radius 3 is 2.30 bits per heavy atom. The van der Waals surface area contributed by atoms with Crippen molar-refractivity contribution in [2.24, 2.45) is 56.7 Å². The third kappa shape index (κ3) is 3.81. The second-order valence-electron chi connectivity index (χ2n) is 15.1. The molecule has 37 heavy (non-hydrogen) atoms. The lowest BCUT2D eigenvalue weighted by Gasteiger charge is -2.72. The molecule has 0 aliphatic heterocycles. The van der Waals surface area contributed by atoms with Gasteiger partial charge in [-0.2, -0.15) is 8.42 Å². The number of Topliss-reactive ketones (excluding diaryl/α,β-unsaturated/α-hetero) is 1. The predicted molar refractivity (Wildman–Crippen MR) is 146 cm³/mol. The molecule has 0 aromatic carbocycles. The fourth-order valence-corrected chi connectivity index (χ4v) is 11.9. The maximum atomic E-state index is 13.0. The highest BCUT2D eigenvalue weighted by molar-refractivity contribution is 7.86. The summed E-state index contributed by atoms with van der Waals surface area (Å²) < 4.78 is 28.6. The highest BCUT2D eigenvalue weighted by Crippen LogP contribution is 2.77. The third-order valence-corrected chi connectivity index (χ3v) is 14.2. The monoisotopic (exact) mass is 534 g/mol. The number of carbonyl (C=O) groups is 1. The second kappa shape index (κ2) is 8.64. The van der Waals surface area contributed by atoms with Crippen LogP contribution in [0.15, 0.2) is 12.2 Å². The molecule has 1 N–H and O–H groups in total. The Morgan fingerprint density at radius 1 is 0.946 bits per heavy atom. The topological polar surface area (TPSA) is 80.7 Å². The molecule has 0 aromatic heterocycles. The SMILES string of the molecule is C=C(COS(C)(=O)=O)[C@@H]1CC[C@]2(CO)CC[C@]3(C)[C@H](CC[C@@H]4[C@@]5(C)CCC(=O)C(C)(C)[C@@H]5CC[C@]43C)[C@@H]12. The Balaban J connectivity index is 1.50. The van der Waals surface area contributed by atoms with E-state index in [2.05, 4.69) is 41.2 Å². The zero-order valence-corrected chi connectivity index (χ0v) is 24.9. The van der Waals surface area contributed by atoms with E-state index >= 15 is 0 Å². The van der Waals surface area contributed by atoms with Crippen LogP contribution in [0.2, 0.25) is 0 Å². The van der Waals surface area contributed by atoms with E-state index in [1.54, 1.807) is 0 Å². The van der Waals surface area contributed by atoms with Crippen molar-refractivity contribution in [1.82, 2.24) is 0 Å². The summed E-state index contributed by atoms with van der Waals surface area (Å²) in [5.74, 6) is 2.50. The molecule has 0 aromatic rings. The van der Waals surface area contributed by atoms with Gasteiger partial charge in [-0.3, -0.25) is 8.98 Å². The average molecular weight is 535 g/mol. The van der Waals surface area contributed by atoms with Crippen molar-refractivity contribution in [1.29, 1.82) is 0 Å². The summed E-state index contributed by atoms with van der Waals surface area (Å²) in [5, 5.41) is 10.8. The van der Waals surface area contributed by atoms with E-state index in [4.69, 9.17) is 4.18 Å². The number of hydrogen-bond donors (Lipinski definition) is 1. The molecule has 0 amide bonds. The quantitative estimate of drug-likeness (QED) is 0.337. The van der Waals surface area contributed by atoms with E-state index in [0.29, 0.717) is 35.9 Å². The molecule has 5 rings (SSSR count). The summed E-state index contributed by atoms with van der Waals surface area (Å²) in [5.41, 5.74) is 1.08. The Kier molecular flexibility index (Phi) is 6.50. The maximum absolute atomic E-state index is 13.0. The number of fused-ring (bicyclic) bond motifs is 7. The van der Waals surface area contributed by atoms with Crippen molar-refractivity contribution in [3.8, 4) is 0 Å². The van der Waals surface area contributed by atoms with E-state index in [1.165, 1.54) is 12.8 Å². The summed E-state index contributed by atoms with van der Waals surface area (Å²) in [6.07, 6.45) is 11.6. The number of hydrogen-bond acceptors (Lipinski definition) is 5. The predicted octanol–water partition coefficient (Wildman–Crippen LogP) is 6.16. The van der Waals surface area contributed by atoms with Gasteiger partial charge in [-0.15, -0.1) is 0 Å². The van der Waals surface area contributed by atoms with Crippen molar-refractivity contribution >= 4 is 15.9 Å². The molecule has 5 fully saturated rings. The van der Waals surface area contributed by atoms with Crippen LogP contribution in [0.25, 0.3) is 0 Å². The van der Waals surface area contributed by atoms with Crippen molar-refractivity contribution < 1.29 is 22.5 Å². The lowest BCUT2D eigenvalue weighted by Crippen LogP contribution is -2.66. The Labute approximate surface area is 225 Å². The zero-order valence-electron chi connectivity index (χ0n) is 24.1. The van der Waals surface area contributed by atoms with E-state index in [1.807, 2.05) is 0 Å². The molecular weight excluding hydrogens is 484 g/mol. The fraction of sp³-hybridized carbons (Fsp3) is 0.903. The smallest absolute Gasteiger partial charge is 0.264 e. The van der Waals surface area contributed by atoms with Gasteiger partial charge in [0.25, 0.3) is 10.1 Å². The lowest BCUT2D eigenvalue weighted by atomic mass is 9.32. The lowest BCUT2D eigenvalue weighted by molar-refractivity contribution is -0.236. The van der Waals surface area contributed by atoms with Crippen LogP contribution < -0.4 is 0 Å². The summed E-state index contributed by atoms with van der Waals surface area (Å²) in [6, 6.07) is 0. The van der Waals surface area contributed by atoms with Crippen molar-refractivity contribution in [3.63, 3.8) is 0 Å². The first kappa shape index (κ1) is 27.8. The Morgan fingerprint density at radius 2 is 1.65 bits per heavy atom. The van der Waals surface area contributed by atoms with E-state index in [-0.39, 0.29) is 46.2 Å². The molecule has 0 bridgehead atoms. The molecular formula is C31H50O5S. The Hall–Kier alpha value is -0.720. The van der Waals surface area contributed by atoms with Crippen LogP contribution in [0.1, 0.15) is 98.8 Å². The van der Waals surface area contributed by atoms with Gasteiger partial charge in [-0.05, 0) is 115 Å². The van der Waals surface area contributed by atoms with Crippen molar-refractivity contribution in [2.75, 3.05) is 19.5 Å². The van der Waals surface area contributed by atoms with E-state index in [0.717, 1.165) is 56.8 Å². The molecule has 5 saturated carbocycles. The van der Waals surface area contributed by atoms with Gasteiger partial charge in [0.2, 0.25) is 0 Å². The summed E-state index contributed by atoms with van der Waals surface area (Å²) in [7, 11) is -3.53. The minimum absolute atomic E-state index is 0.0493. The number of aliphatic hydroxyl groups excluding tert-OH is 1. The molecule has 9 atom stereocenters. The van der Waals surface area contributed by atoms with Crippen LogP contribution in [0.5, 0.6) is 0 Å². The van der Waals surface area contributed by atoms with Crippen molar-refractivity contribution in [2.45, 2.75) is 98.8 Å². The molecule has 0 saturated heterocycles. The van der Waals surface area contributed by atoms with Crippen molar-refractivity contribution in [3.05, 3.63) is 12.2 Å². The van der Waals surface area contributed by atoms with E-state index in [9.17, 15) is 18.3 Å². The molecule has 0 radical (unpaired) electrons. The standard InChI is InChI=1S/C31H50O5S/c1-20(18-36-37(7,34)35)21-10-15-31(19-32)17-16-29(5)22(26(21)31)8-9-24-28(4)13-12-25(33)27(2,3)23(28)11-14-30(24,29)6/h21-24,26,32H,1,8-19H2,2-7H3/t21-,22+,23-,24+,26+,28-,29+,30+,31+/m0/s1. The average Bonchev–Trinajstić information content (AvgIpc) is 3.20. The van der Waals surface area contributed by atoms with Crippen LogP contribution in [0, 0.1) is 56.7 Å². The highest BCUT2D eigenvalue weighted by atomic mass is 32.2. The van der Waals surface area contributed by atoms with Gasteiger partial charge in [-0.25, -0.2) is 0 Å². The number of aliphatic hydroxyl groups is 1. The minimum Gasteiger partial charge on any atom is -0.396 e. The molecule has 0 spiro atoms. The second-order valence-corrected chi connectivity index (χ2v) is 16.8. The first-order valence-corrected chi connectivity index (χ1v) is 16.5. The van der Waals surface area contributed by atoms with Gasteiger partial charge in [0.05, 0.1) is 12.9 Å². The molecule has 5 aliphatic rings. The third-order valence-electron chi connectivity index (χ3n) is 13.7. The number of rotatable bonds is 5. The molecule has 6 heteroatoms.